The van der Waals surface area contributed by atoms with Crippen molar-refractivity contribution in [3.8, 4) is 0 Å². The number of nitrogens with one attached hydrogen (secondary N) is 1. The maximum Gasteiger partial charge on any atom is 0.128 e. The normalized spacial score (nSPS) is 14.7. The van der Waals surface area contributed by atoms with E-state index in [0.717, 1.165) is 43.7 Å². The minimum atomic E-state index is 0.746. The van der Waals surface area contributed by atoms with Gasteiger partial charge in [0.05, 0.1) is 0 Å². The molecule has 1 aliphatic rings. The molecule has 0 aliphatic heterocycles. The molecule has 1 N–H and O–H groups in total. The molecule has 19 heavy (non-hydrogen) atoms. The van der Waals surface area contributed by atoms with E-state index in [0.29, 0.717) is 0 Å². The van der Waals surface area contributed by atoms with Gasteiger partial charge in [0.15, 0.2) is 0 Å². The maximum absolute atomic E-state index is 5.08. The smallest absolute Gasteiger partial charge is 0.128 e. The van der Waals surface area contributed by atoms with Gasteiger partial charge in [0, 0.05) is 45.6 Å². The number of nitrogens with zero attached hydrogens (tertiary/aromatic N) is 2. The Bertz CT molecular complexity index is 404. The van der Waals surface area contributed by atoms with Gasteiger partial charge in [-0.2, -0.15) is 0 Å². The van der Waals surface area contributed by atoms with Gasteiger partial charge in [0.25, 0.3) is 0 Å². The van der Waals surface area contributed by atoms with Crippen LogP contribution in [0.25, 0.3) is 0 Å². The Morgan fingerprint density at radius 1 is 1.42 bits per heavy atom. The van der Waals surface area contributed by atoms with Crippen molar-refractivity contribution in [3.05, 3.63) is 23.4 Å². The second-order valence-corrected chi connectivity index (χ2v) is 5.34. The first-order chi connectivity index (χ1) is 9.20. The fourth-order valence-electron chi connectivity index (χ4n) is 2.08. The molecule has 0 aromatic carbocycles. The first-order valence-corrected chi connectivity index (χ1v) is 7.10. The molecule has 1 saturated carbocycles. The fourth-order valence-corrected chi connectivity index (χ4v) is 2.08. The lowest BCUT2D eigenvalue weighted by molar-refractivity contribution is 0.196. The molecule has 0 unspecified atom stereocenters. The zero-order valence-corrected chi connectivity index (χ0v) is 12.3. The number of hydrogen-bond acceptors (Lipinski definition) is 4. The Hall–Kier alpha value is -1.13. The molecule has 0 spiro atoms. The molecule has 0 radical (unpaired) electrons. The summed E-state index contributed by atoms with van der Waals surface area (Å²) in [6.07, 6.45) is 3.68. The van der Waals surface area contributed by atoms with E-state index in [1.807, 2.05) is 0 Å². The molecule has 0 saturated heterocycles. The van der Waals surface area contributed by atoms with E-state index in [2.05, 4.69) is 36.3 Å². The number of ether oxygens (including phenoxy) is 1. The zero-order chi connectivity index (χ0) is 13.7. The van der Waals surface area contributed by atoms with Crippen molar-refractivity contribution in [2.45, 2.75) is 38.8 Å². The summed E-state index contributed by atoms with van der Waals surface area (Å²) in [5.74, 6) is 1.05. The summed E-state index contributed by atoms with van der Waals surface area (Å²) in [7, 11) is 3.82. The second-order valence-electron chi connectivity index (χ2n) is 5.34. The molecular weight excluding hydrogens is 238 g/mol. The number of pyridine rings is 1. The molecule has 1 aromatic rings. The molecule has 106 valence electrons. The van der Waals surface area contributed by atoms with E-state index >= 15 is 0 Å². The topological polar surface area (TPSA) is 37.4 Å². The standard InChI is InChI=1S/C15H25N3O/c1-12-13(11-16-14-6-7-14)5-8-15(17-12)18(2)9-4-10-19-3/h5,8,14,16H,4,6-7,9-11H2,1-3H3. The molecule has 4 heteroatoms. The quantitative estimate of drug-likeness (QED) is 0.729. The van der Waals surface area contributed by atoms with E-state index in [1.54, 1.807) is 7.11 Å². The summed E-state index contributed by atoms with van der Waals surface area (Å²) in [4.78, 5) is 6.88. The first kappa shape index (κ1) is 14.3. The van der Waals surface area contributed by atoms with Gasteiger partial charge in [-0.05, 0) is 37.8 Å². The van der Waals surface area contributed by atoms with Crippen molar-refractivity contribution in [1.29, 1.82) is 0 Å². The summed E-state index contributed by atoms with van der Waals surface area (Å²) >= 11 is 0. The molecule has 1 aliphatic carbocycles. The molecule has 2 rings (SSSR count). The summed E-state index contributed by atoms with van der Waals surface area (Å²) in [6, 6.07) is 5.06. The number of anilines is 1. The SMILES string of the molecule is COCCCN(C)c1ccc(CNC2CC2)c(C)n1. The van der Waals surface area contributed by atoms with Gasteiger partial charge in [-0.25, -0.2) is 4.98 Å². The maximum atomic E-state index is 5.08. The Balaban J connectivity index is 1.88. The average Bonchev–Trinajstić information content (AvgIpc) is 3.21. The van der Waals surface area contributed by atoms with Gasteiger partial charge >= 0.3 is 0 Å². The average molecular weight is 263 g/mol. The van der Waals surface area contributed by atoms with Crippen molar-refractivity contribution in [2.24, 2.45) is 0 Å². The fraction of sp³-hybridized carbons (Fsp3) is 0.667. The highest BCUT2D eigenvalue weighted by atomic mass is 16.5. The van der Waals surface area contributed by atoms with Crippen LogP contribution in [0.3, 0.4) is 0 Å². The predicted molar refractivity (Wildman–Crippen MR) is 78.6 cm³/mol. The number of aromatic nitrogens is 1. The largest absolute Gasteiger partial charge is 0.385 e. The third kappa shape index (κ3) is 4.48. The van der Waals surface area contributed by atoms with Gasteiger partial charge in [-0.3, -0.25) is 0 Å². The molecule has 4 nitrogen and oxygen atoms in total. The van der Waals surface area contributed by atoms with Crippen molar-refractivity contribution < 1.29 is 4.74 Å². The van der Waals surface area contributed by atoms with Crippen LogP contribution >= 0.6 is 0 Å². The van der Waals surface area contributed by atoms with Gasteiger partial charge < -0.3 is 15.0 Å². The summed E-state index contributed by atoms with van der Waals surface area (Å²) in [5.41, 5.74) is 2.44. The van der Waals surface area contributed by atoms with Gasteiger partial charge in [0.2, 0.25) is 0 Å². The van der Waals surface area contributed by atoms with Crippen LogP contribution in [0.5, 0.6) is 0 Å². The Labute approximate surface area is 116 Å². The highest BCUT2D eigenvalue weighted by Crippen LogP contribution is 2.20. The molecule has 0 amide bonds. The third-order valence-electron chi connectivity index (χ3n) is 3.57. The van der Waals surface area contributed by atoms with Gasteiger partial charge in [0.1, 0.15) is 5.82 Å². The lowest BCUT2D eigenvalue weighted by atomic mass is 10.2. The Morgan fingerprint density at radius 2 is 2.21 bits per heavy atom. The number of aryl methyl sites for hydroxylation is 1. The van der Waals surface area contributed by atoms with E-state index in [-0.39, 0.29) is 0 Å². The highest BCUT2D eigenvalue weighted by Gasteiger charge is 2.20. The minimum Gasteiger partial charge on any atom is -0.385 e. The number of rotatable bonds is 8. The van der Waals surface area contributed by atoms with Crippen LogP contribution in [0.15, 0.2) is 12.1 Å². The van der Waals surface area contributed by atoms with Crippen LogP contribution in [-0.4, -0.2) is 38.3 Å². The van der Waals surface area contributed by atoms with Crippen LogP contribution in [-0.2, 0) is 11.3 Å². The Kier molecular flexibility index (Phi) is 5.16. The van der Waals surface area contributed by atoms with Crippen LogP contribution in [0.4, 0.5) is 5.82 Å². The minimum absolute atomic E-state index is 0.746. The summed E-state index contributed by atoms with van der Waals surface area (Å²) in [6.45, 7) is 4.81. The number of methoxy groups -OCH3 is 1. The Morgan fingerprint density at radius 3 is 2.84 bits per heavy atom. The van der Waals surface area contributed by atoms with Crippen molar-refractivity contribution in [2.75, 3.05) is 32.2 Å². The monoisotopic (exact) mass is 263 g/mol. The van der Waals surface area contributed by atoms with E-state index in [1.165, 1.54) is 18.4 Å². The summed E-state index contributed by atoms with van der Waals surface area (Å²) < 4.78 is 5.08. The van der Waals surface area contributed by atoms with Crippen LogP contribution in [0.2, 0.25) is 0 Å². The molecule has 1 heterocycles. The van der Waals surface area contributed by atoms with Crippen LogP contribution < -0.4 is 10.2 Å². The third-order valence-corrected chi connectivity index (χ3v) is 3.57. The number of hydrogen-bond donors (Lipinski definition) is 1. The molecule has 1 fully saturated rings. The van der Waals surface area contributed by atoms with Crippen molar-refractivity contribution in [3.63, 3.8) is 0 Å². The van der Waals surface area contributed by atoms with Crippen molar-refractivity contribution in [1.82, 2.24) is 10.3 Å². The highest BCUT2D eigenvalue weighted by molar-refractivity contribution is 5.40. The van der Waals surface area contributed by atoms with Crippen LogP contribution in [0, 0.1) is 6.92 Å². The lowest BCUT2D eigenvalue weighted by Gasteiger charge is -2.19. The second kappa shape index (κ2) is 6.87. The van der Waals surface area contributed by atoms with E-state index < -0.39 is 0 Å². The van der Waals surface area contributed by atoms with Gasteiger partial charge in [-0.15, -0.1) is 0 Å². The first-order valence-electron chi connectivity index (χ1n) is 7.10. The summed E-state index contributed by atoms with van der Waals surface area (Å²) in [5, 5.41) is 3.53. The zero-order valence-electron chi connectivity index (χ0n) is 12.3. The molecule has 1 aromatic heterocycles. The van der Waals surface area contributed by atoms with Crippen LogP contribution in [0.1, 0.15) is 30.5 Å². The molecule has 0 bridgehead atoms. The lowest BCUT2D eigenvalue weighted by Crippen LogP contribution is -2.22. The van der Waals surface area contributed by atoms with Gasteiger partial charge in [-0.1, -0.05) is 6.07 Å². The molecular formula is C15H25N3O. The van der Waals surface area contributed by atoms with E-state index in [9.17, 15) is 0 Å². The van der Waals surface area contributed by atoms with Crippen molar-refractivity contribution >= 4 is 5.82 Å². The predicted octanol–water partition coefficient (Wildman–Crippen LogP) is 2.11. The van der Waals surface area contributed by atoms with E-state index in [4.69, 9.17) is 9.72 Å². The molecule has 0 atom stereocenters.